The number of hydrogen-bond donors (Lipinski definition) is 2. The first-order valence-corrected chi connectivity index (χ1v) is 6.35. The zero-order valence-corrected chi connectivity index (χ0v) is 9.61. The van der Waals surface area contributed by atoms with Crippen molar-refractivity contribution in [3.8, 4) is 0 Å². The molecular weight excluding hydrogens is 190 g/mol. The van der Waals surface area contributed by atoms with E-state index in [1.807, 2.05) is 6.92 Å². The zero-order chi connectivity index (χ0) is 10.7. The van der Waals surface area contributed by atoms with Gasteiger partial charge in [-0.25, -0.2) is 0 Å². The van der Waals surface area contributed by atoms with Crippen molar-refractivity contribution in [1.82, 2.24) is 5.32 Å². The molecule has 2 saturated carbocycles. The molecular formula is C12H23NO2. The Bertz CT molecular complexity index is 192. The molecule has 0 aromatic carbocycles. The Morgan fingerprint density at radius 3 is 2.67 bits per heavy atom. The molecule has 0 amide bonds. The van der Waals surface area contributed by atoms with Gasteiger partial charge >= 0.3 is 0 Å². The monoisotopic (exact) mass is 213 g/mol. The molecule has 2 rings (SSSR count). The van der Waals surface area contributed by atoms with Crippen LogP contribution >= 0.6 is 0 Å². The first kappa shape index (κ1) is 11.4. The topological polar surface area (TPSA) is 41.5 Å². The van der Waals surface area contributed by atoms with Gasteiger partial charge in [0.1, 0.15) is 0 Å². The minimum atomic E-state index is -0.120. The van der Waals surface area contributed by atoms with Crippen molar-refractivity contribution in [2.45, 2.75) is 69.7 Å². The van der Waals surface area contributed by atoms with Crippen LogP contribution < -0.4 is 5.32 Å². The van der Waals surface area contributed by atoms with Crippen LogP contribution in [-0.2, 0) is 4.74 Å². The van der Waals surface area contributed by atoms with Crippen LogP contribution in [0.2, 0.25) is 0 Å². The van der Waals surface area contributed by atoms with Gasteiger partial charge in [-0.2, -0.15) is 0 Å². The number of hydrogen-bond acceptors (Lipinski definition) is 3. The van der Waals surface area contributed by atoms with E-state index >= 15 is 0 Å². The smallest absolute Gasteiger partial charge is 0.0693 e. The van der Waals surface area contributed by atoms with Crippen molar-refractivity contribution in [3.63, 3.8) is 0 Å². The second kappa shape index (κ2) is 5.28. The fourth-order valence-electron chi connectivity index (χ4n) is 2.68. The normalized spacial score (nSPS) is 41.2. The van der Waals surface area contributed by atoms with Crippen LogP contribution in [0.1, 0.15) is 45.4 Å². The number of ether oxygens (including phenoxy) is 1. The van der Waals surface area contributed by atoms with E-state index in [9.17, 15) is 5.11 Å². The largest absolute Gasteiger partial charge is 0.392 e. The third kappa shape index (κ3) is 2.92. The lowest BCUT2D eigenvalue weighted by molar-refractivity contribution is -0.0208. The lowest BCUT2D eigenvalue weighted by Crippen LogP contribution is -2.53. The molecule has 0 heterocycles. The Morgan fingerprint density at radius 2 is 2.00 bits per heavy atom. The first-order valence-electron chi connectivity index (χ1n) is 6.35. The Kier molecular flexibility index (Phi) is 4.00. The zero-order valence-electron chi connectivity index (χ0n) is 9.61. The Morgan fingerprint density at radius 1 is 1.27 bits per heavy atom. The van der Waals surface area contributed by atoms with E-state index in [-0.39, 0.29) is 6.10 Å². The van der Waals surface area contributed by atoms with Gasteiger partial charge in [0.25, 0.3) is 0 Å². The fourth-order valence-corrected chi connectivity index (χ4v) is 2.68. The molecule has 2 fully saturated rings. The van der Waals surface area contributed by atoms with Gasteiger partial charge in [-0.15, -0.1) is 0 Å². The Hall–Kier alpha value is -0.120. The average molecular weight is 213 g/mol. The van der Waals surface area contributed by atoms with Crippen LogP contribution in [0.5, 0.6) is 0 Å². The van der Waals surface area contributed by atoms with Gasteiger partial charge in [0.15, 0.2) is 0 Å². The van der Waals surface area contributed by atoms with Crippen molar-refractivity contribution < 1.29 is 9.84 Å². The second-order valence-electron chi connectivity index (χ2n) is 4.87. The van der Waals surface area contributed by atoms with Crippen molar-refractivity contribution in [3.05, 3.63) is 0 Å². The molecule has 0 saturated heterocycles. The van der Waals surface area contributed by atoms with Crippen LogP contribution in [0.3, 0.4) is 0 Å². The summed E-state index contributed by atoms with van der Waals surface area (Å²) in [5, 5.41) is 13.4. The van der Waals surface area contributed by atoms with Crippen LogP contribution in [-0.4, -0.2) is 36.0 Å². The summed E-state index contributed by atoms with van der Waals surface area (Å²) in [6.45, 7) is 2.87. The van der Waals surface area contributed by atoms with Crippen LogP contribution in [0, 0.1) is 0 Å². The number of rotatable bonds is 4. The summed E-state index contributed by atoms with van der Waals surface area (Å²) >= 11 is 0. The molecule has 0 aliphatic heterocycles. The molecule has 15 heavy (non-hydrogen) atoms. The third-order valence-corrected chi connectivity index (χ3v) is 3.68. The number of nitrogens with one attached hydrogen (secondary N) is 1. The maximum absolute atomic E-state index is 9.81. The highest BCUT2D eigenvalue weighted by Gasteiger charge is 2.33. The van der Waals surface area contributed by atoms with Crippen LogP contribution in [0.15, 0.2) is 0 Å². The van der Waals surface area contributed by atoms with Gasteiger partial charge < -0.3 is 15.2 Å². The molecule has 2 atom stereocenters. The Balaban J connectivity index is 1.65. The van der Waals surface area contributed by atoms with Crippen molar-refractivity contribution in [2.75, 3.05) is 6.61 Å². The second-order valence-corrected chi connectivity index (χ2v) is 4.87. The molecule has 3 heteroatoms. The highest BCUT2D eigenvalue weighted by molar-refractivity contribution is 4.91. The lowest BCUT2D eigenvalue weighted by atomic mass is 9.85. The summed E-state index contributed by atoms with van der Waals surface area (Å²) in [6.07, 6.45) is 7.14. The lowest BCUT2D eigenvalue weighted by Gasteiger charge is -2.40. The maximum atomic E-state index is 9.81. The molecule has 0 radical (unpaired) electrons. The van der Waals surface area contributed by atoms with E-state index in [0.717, 1.165) is 32.3 Å². The van der Waals surface area contributed by atoms with Crippen molar-refractivity contribution in [1.29, 1.82) is 0 Å². The molecule has 0 aromatic heterocycles. The summed E-state index contributed by atoms with van der Waals surface area (Å²) in [6, 6.07) is 0.922. The maximum Gasteiger partial charge on any atom is 0.0693 e. The molecule has 3 nitrogen and oxygen atoms in total. The molecule has 2 unspecified atom stereocenters. The average Bonchev–Trinajstić information content (AvgIpc) is 2.18. The quantitative estimate of drug-likeness (QED) is 0.742. The predicted octanol–water partition coefficient (Wildman–Crippen LogP) is 1.45. The van der Waals surface area contributed by atoms with Gasteiger partial charge in [-0.3, -0.25) is 0 Å². The first-order chi connectivity index (χ1) is 7.29. The van der Waals surface area contributed by atoms with Crippen molar-refractivity contribution in [2.24, 2.45) is 0 Å². The van der Waals surface area contributed by atoms with Gasteiger partial charge in [0, 0.05) is 18.7 Å². The Labute approximate surface area is 92.2 Å². The highest BCUT2D eigenvalue weighted by atomic mass is 16.5. The summed E-state index contributed by atoms with van der Waals surface area (Å²) in [5.41, 5.74) is 0. The SMILES string of the molecule is CCOC1CC(NC2CCCCC2O)C1. The van der Waals surface area contributed by atoms with E-state index in [1.165, 1.54) is 12.8 Å². The van der Waals surface area contributed by atoms with Gasteiger partial charge in [0.2, 0.25) is 0 Å². The van der Waals surface area contributed by atoms with E-state index < -0.39 is 0 Å². The molecule has 2 N–H and O–H groups in total. The van der Waals surface area contributed by atoms with Crippen molar-refractivity contribution >= 4 is 0 Å². The third-order valence-electron chi connectivity index (χ3n) is 3.68. The van der Waals surface area contributed by atoms with Gasteiger partial charge in [-0.05, 0) is 32.6 Å². The summed E-state index contributed by atoms with van der Waals surface area (Å²) in [4.78, 5) is 0. The van der Waals surface area contributed by atoms with E-state index in [4.69, 9.17) is 4.74 Å². The number of aliphatic hydroxyl groups is 1. The molecule has 2 aliphatic carbocycles. The van der Waals surface area contributed by atoms with E-state index in [2.05, 4.69) is 5.32 Å². The standard InChI is InChI=1S/C12H23NO2/c1-2-15-10-7-9(8-10)13-11-5-3-4-6-12(11)14/h9-14H,2-8H2,1H3. The predicted molar refractivity (Wildman–Crippen MR) is 59.8 cm³/mol. The van der Waals surface area contributed by atoms with Gasteiger partial charge in [0.05, 0.1) is 12.2 Å². The minimum Gasteiger partial charge on any atom is -0.392 e. The molecule has 0 spiro atoms. The van der Waals surface area contributed by atoms with Crippen LogP contribution in [0.25, 0.3) is 0 Å². The number of aliphatic hydroxyl groups excluding tert-OH is 1. The molecule has 88 valence electrons. The summed E-state index contributed by atoms with van der Waals surface area (Å²) in [7, 11) is 0. The minimum absolute atomic E-state index is 0.120. The summed E-state index contributed by atoms with van der Waals surface area (Å²) in [5.74, 6) is 0. The van der Waals surface area contributed by atoms with Gasteiger partial charge in [-0.1, -0.05) is 12.8 Å². The fraction of sp³-hybridized carbons (Fsp3) is 1.00. The van der Waals surface area contributed by atoms with E-state index in [1.54, 1.807) is 0 Å². The van der Waals surface area contributed by atoms with Crippen LogP contribution in [0.4, 0.5) is 0 Å². The highest BCUT2D eigenvalue weighted by Crippen LogP contribution is 2.26. The molecule has 0 bridgehead atoms. The molecule has 2 aliphatic rings. The van der Waals surface area contributed by atoms with E-state index in [0.29, 0.717) is 18.2 Å². The molecule has 0 aromatic rings. The summed E-state index contributed by atoms with van der Waals surface area (Å²) < 4.78 is 5.52.